The fraction of sp³-hybridized carbons (Fsp3) is 0.750. The van der Waals surface area contributed by atoms with Gasteiger partial charge in [0, 0.05) is 50.9 Å². The molecule has 0 N–H and O–H groups in total. The fourth-order valence-electron chi connectivity index (χ4n) is 3.18. The lowest BCUT2D eigenvalue weighted by Crippen LogP contribution is -2.34. The highest BCUT2D eigenvalue weighted by molar-refractivity contribution is 5.76. The lowest BCUT2D eigenvalue weighted by molar-refractivity contribution is -0.145. The molecular formula is C20H34N4O3. The second kappa shape index (κ2) is 10.4. The van der Waals surface area contributed by atoms with Gasteiger partial charge in [-0.05, 0) is 26.4 Å². The molecule has 1 amide bonds. The van der Waals surface area contributed by atoms with Crippen molar-refractivity contribution in [3.63, 3.8) is 0 Å². The number of carbonyl (C=O) groups is 2. The summed E-state index contributed by atoms with van der Waals surface area (Å²) in [6.07, 6.45) is 6.99. The number of imidazole rings is 1. The van der Waals surface area contributed by atoms with E-state index in [1.165, 1.54) is 0 Å². The molecule has 1 aromatic rings. The zero-order chi connectivity index (χ0) is 19.8. The summed E-state index contributed by atoms with van der Waals surface area (Å²) in [6, 6.07) is 0.456. The van der Waals surface area contributed by atoms with E-state index >= 15 is 0 Å². The van der Waals surface area contributed by atoms with E-state index in [1.54, 1.807) is 6.20 Å². The Morgan fingerprint density at radius 2 is 2.15 bits per heavy atom. The van der Waals surface area contributed by atoms with Gasteiger partial charge in [0.2, 0.25) is 5.91 Å². The van der Waals surface area contributed by atoms with Gasteiger partial charge < -0.3 is 19.1 Å². The molecule has 7 heteroatoms. The summed E-state index contributed by atoms with van der Waals surface area (Å²) in [4.78, 5) is 32.8. The maximum Gasteiger partial charge on any atom is 0.307 e. The van der Waals surface area contributed by atoms with Gasteiger partial charge in [0.15, 0.2) is 0 Å². The maximum absolute atomic E-state index is 12.5. The van der Waals surface area contributed by atoms with Gasteiger partial charge >= 0.3 is 5.97 Å². The van der Waals surface area contributed by atoms with Gasteiger partial charge in [-0.1, -0.05) is 20.3 Å². The number of ether oxygens (including phenoxy) is 1. The Morgan fingerprint density at radius 3 is 2.81 bits per heavy atom. The first-order chi connectivity index (χ1) is 12.9. The Morgan fingerprint density at radius 1 is 1.37 bits per heavy atom. The van der Waals surface area contributed by atoms with E-state index in [4.69, 9.17) is 4.74 Å². The zero-order valence-electron chi connectivity index (χ0n) is 17.2. The van der Waals surface area contributed by atoms with Crippen molar-refractivity contribution in [1.82, 2.24) is 19.4 Å². The van der Waals surface area contributed by atoms with Crippen LogP contribution in [0.4, 0.5) is 0 Å². The predicted molar refractivity (Wildman–Crippen MR) is 104 cm³/mol. The van der Waals surface area contributed by atoms with Crippen LogP contribution < -0.4 is 0 Å². The van der Waals surface area contributed by atoms with Crippen molar-refractivity contribution in [2.75, 3.05) is 33.8 Å². The van der Waals surface area contributed by atoms with Gasteiger partial charge in [0.25, 0.3) is 0 Å². The quantitative estimate of drug-likeness (QED) is 0.582. The van der Waals surface area contributed by atoms with E-state index in [0.717, 1.165) is 31.8 Å². The number of carbonyl (C=O) groups excluding carboxylic acids is 2. The molecule has 1 saturated heterocycles. The molecule has 1 aliphatic heterocycles. The number of hydrogen-bond acceptors (Lipinski definition) is 5. The van der Waals surface area contributed by atoms with Crippen LogP contribution in [0.2, 0.25) is 0 Å². The normalized spacial score (nSPS) is 18.1. The second-order valence-electron chi connectivity index (χ2n) is 7.73. The standard InChI is InChI=1S/C20H34N4O3/c1-5-16(2)15-27-20(26)9-12-23-13-10-21-18(23)6-7-19(25)24-11-8-17(14-24)22(3)4/h10,13,16-17H,5-9,11-12,14-15H2,1-4H3/t16?,17-/m0/s1. The summed E-state index contributed by atoms with van der Waals surface area (Å²) in [5.74, 6) is 1.24. The minimum Gasteiger partial charge on any atom is -0.465 e. The van der Waals surface area contributed by atoms with Crippen LogP contribution >= 0.6 is 0 Å². The van der Waals surface area contributed by atoms with Crippen molar-refractivity contribution in [3.8, 4) is 0 Å². The molecule has 1 unspecified atom stereocenters. The SMILES string of the molecule is CCC(C)COC(=O)CCn1ccnc1CCC(=O)N1CC[C@H](N(C)C)C1. The average Bonchev–Trinajstić information content (AvgIpc) is 3.31. The topological polar surface area (TPSA) is 67.7 Å². The van der Waals surface area contributed by atoms with Crippen molar-refractivity contribution in [2.24, 2.45) is 5.92 Å². The summed E-state index contributed by atoms with van der Waals surface area (Å²) >= 11 is 0. The number of aromatic nitrogens is 2. The largest absolute Gasteiger partial charge is 0.465 e. The number of likely N-dealkylation sites (tertiary alicyclic amines) is 1. The van der Waals surface area contributed by atoms with Gasteiger partial charge in [0.05, 0.1) is 13.0 Å². The van der Waals surface area contributed by atoms with Crippen LogP contribution in [0.5, 0.6) is 0 Å². The van der Waals surface area contributed by atoms with Crippen LogP contribution in [0.1, 0.15) is 45.4 Å². The smallest absolute Gasteiger partial charge is 0.307 e. The minimum absolute atomic E-state index is 0.182. The second-order valence-corrected chi connectivity index (χ2v) is 7.73. The Kier molecular flexibility index (Phi) is 8.28. The summed E-state index contributed by atoms with van der Waals surface area (Å²) in [7, 11) is 4.12. The molecule has 0 bridgehead atoms. The lowest BCUT2D eigenvalue weighted by atomic mass is 10.1. The van der Waals surface area contributed by atoms with Crippen molar-refractivity contribution in [3.05, 3.63) is 18.2 Å². The van der Waals surface area contributed by atoms with Crippen LogP contribution in [0.25, 0.3) is 0 Å². The first kappa shape index (κ1) is 21.4. The molecule has 2 heterocycles. The number of likely N-dealkylation sites (N-methyl/N-ethyl adjacent to an activating group) is 1. The lowest BCUT2D eigenvalue weighted by Gasteiger charge is -2.20. The van der Waals surface area contributed by atoms with Crippen LogP contribution in [-0.2, 0) is 27.3 Å². The van der Waals surface area contributed by atoms with E-state index in [1.807, 2.05) is 15.7 Å². The molecule has 1 aromatic heterocycles. The third-order valence-corrected chi connectivity index (χ3v) is 5.39. The van der Waals surface area contributed by atoms with E-state index in [2.05, 4.69) is 37.8 Å². The first-order valence-electron chi connectivity index (χ1n) is 10.0. The van der Waals surface area contributed by atoms with E-state index < -0.39 is 0 Å². The van der Waals surface area contributed by atoms with Crippen LogP contribution in [0.3, 0.4) is 0 Å². The van der Waals surface area contributed by atoms with Crippen molar-refractivity contribution >= 4 is 11.9 Å². The Bertz CT molecular complexity index is 614. The summed E-state index contributed by atoms with van der Waals surface area (Å²) in [5, 5.41) is 0. The number of esters is 1. The van der Waals surface area contributed by atoms with Gasteiger partial charge in [-0.15, -0.1) is 0 Å². The number of amides is 1. The number of rotatable bonds is 10. The van der Waals surface area contributed by atoms with Gasteiger partial charge in [0.1, 0.15) is 5.82 Å². The molecule has 1 aliphatic rings. The molecule has 2 atom stereocenters. The number of aryl methyl sites for hydroxylation is 2. The summed E-state index contributed by atoms with van der Waals surface area (Å²) in [6.45, 7) is 6.81. The molecule has 1 fully saturated rings. The Labute approximate surface area is 162 Å². The molecule has 0 aromatic carbocycles. The van der Waals surface area contributed by atoms with E-state index in [0.29, 0.717) is 44.4 Å². The molecule has 0 radical (unpaired) electrons. The predicted octanol–water partition coefficient (Wildman–Crippen LogP) is 1.96. The molecule has 7 nitrogen and oxygen atoms in total. The molecule has 0 saturated carbocycles. The third-order valence-electron chi connectivity index (χ3n) is 5.39. The van der Waals surface area contributed by atoms with Gasteiger partial charge in [-0.3, -0.25) is 9.59 Å². The Balaban J connectivity index is 1.75. The highest BCUT2D eigenvalue weighted by Gasteiger charge is 2.27. The fourth-order valence-corrected chi connectivity index (χ4v) is 3.18. The molecule has 0 aliphatic carbocycles. The van der Waals surface area contributed by atoms with Crippen molar-refractivity contribution in [2.45, 2.75) is 58.5 Å². The van der Waals surface area contributed by atoms with Crippen LogP contribution in [-0.4, -0.2) is 71.1 Å². The number of nitrogens with zero attached hydrogens (tertiary/aromatic N) is 4. The van der Waals surface area contributed by atoms with Crippen LogP contribution in [0, 0.1) is 5.92 Å². The summed E-state index contributed by atoms with van der Waals surface area (Å²) in [5.41, 5.74) is 0. The van der Waals surface area contributed by atoms with E-state index in [-0.39, 0.29) is 11.9 Å². The highest BCUT2D eigenvalue weighted by Crippen LogP contribution is 2.15. The monoisotopic (exact) mass is 378 g/mol. The Hall–Kier alpha value is -1.89. The van der Waals surface area contributed by atoms with Crippen molar-refractivity contribution in [1.29, 1.82) is 0 Å². The highest BCUT2D eigenvalue weighted by atomic mass is 16.5. The molecule has 2 rings (SSSR count). The molecule has 0 spiro atoms. The maximum atomic E-state index is 12.5. The average molecular weight is 379 g/mol. The number of hydrogen-bond donors (Lipinski definition) is 0. The molecule has 27 heavy (non-hydrogen) atoms. The summed E-state index contributed by atoms with van der Waals surface area (Å²) < 4.78 is 7.24. The van der Waals surface area contributed by atoms with Gasteiger partial charge in [-0.2, -0.15) is 0 Å². The first-order valence-corrected chi connectivity index (χ1v) is 10.0. The third kappa shape index (κ3) is 6.65. The van der Waals surface area contributed by atoms with Gasteiger partial charge in [-0.25, -0.2) is 4.98 Å². The van der Waals surface area contributed by atoms with Crippen molar-refractivity contribution < 1.29 is 14.3 Å². The van der Waals surface area contributed by atoms with Crippen LogP contribution in [0.15, 0.2) is 12.4 Å². The molecular weight excluding hydrogens is 344 g/mol. The zero-order valence-corrected chi connectivity index (χ0v) is 17.2. The molecule has 152 valence electrons. The van der Waals surface area contributed by atoms with E-state index in [9.17, 15) is 9.59 Å². The minimum atomic E-state index is -0.183.